The number of rotatable bonds is 0. The lowest BCUT2D eigenvalue weighted by molar-refractivity contribution is 0.509. The highest BCUT2D eigenvalue weighted by molar-refractivity contribution is 7.85. The van der Waals surface area contributed by atoms with Crippen LogP contribution in [0.3, 0.4) is 0 Å². The molecule has 4 unspecified atom stereocenters. The summed E-state index contributed by atoms with van der Waals surface area (Å²) in [6.45, 7) is 2.30. The number of hydrogen-bond donors (Lipinski definition) is 2. The zero-order valence-electron chi connectivity index (χ0n) is 4.78. The fraction of sp³-hybridized carbons (Fsp3) is 1.00. The fourth-order valence-electron chi connectivity index (χ4n) is 1.91. The lowest BCUT2D eigenvalue weighted by Gasteiger charge is -2.26. The molecule has 0 spiro atoms. The predicted octanol–water partition coefficient (Wildman–Crippen LogP) is 1.48. The third-order valence-electron chi connectivity index (χ3n) is 2.66. The highest BCUT2D eigenvalue weighted by Gasteiger charge is 2.64. The summed E-state index contributed by atoms with van der Waals surface area (Å²) >= 11 is 8.80. The molecule has 2 rings (SSSR count). The third-order valence-corrected chi connectivity index (χ3v) is 4.22. The highest BCUT2D eigenvalue weighted by Crippen LogP contribution is 2.64. The van der Waals surface area contributed by atoms with Crippen LogP contribution in [0.4, 0.5) is 0 Å². The minimum Gasteiger partial charge on any atom is -0.174 e. The number of thiol groups is 2. The highest BCUT2D eigenvalue weighted by atomic mass is 32.1. The fourth-order valence-corrected chi connectivity index (χ4v) is 3.25. The van der Waals surface area contributed by atoms with Gasteiger partial charge in [-0.15, -0.1) is 0 Å². The van der Waals surface area contributed by atoms with Crippen LogP contribution in [0.15, 0.2) is 0 Å². The zero-order valence-corrected chi connectivity index (χ0v) is 6.57. The van der Waals surface area contributed by atoms with Crippen LogP contribution in [0.25, 0.3) is 0 Å². The monoisotopic (exact) mass is 146 g/mol. The largest absolute Gasteiger partial charge is 0.174 e. The molecule has 0 aromatic carbocycles. The predicted molar refractivity (Wildman–Crippen MR) is 41.7 cm³/mol. The first-order valence-electron chi connectivity index (χ1n) is 3.09. The second kappa shape index (κ2) is 1.40. The van der Waals surface area contributed by atoms with Crippen molar-refractivity contribution in [2.24, 2.45) is 17.8 Å². The normalized spacial score (nSPS) is 68.6. The first kappa shape index (κ1) is 5.48. The van der Waals surface area contributed by atoms with Gasteiger partial charge < -0.3 is 0 Å². The molecule has 0 saturated heterocycles. The van der Waals surface area contributed by atoms with Crippen LogP contribution in [0.2, 0.25) is 0 Å². The van der Waals surface area contributed by atoms with Gasteiger partial charge in [-0.2, -0.15) is 25.3 Å². The van der Waals surface area contributed by atoms with Crippen LogP contribution in [0.1, 0.15) is 6.92 Å². The average Bonchev–Trinajstić information content (AvgIpc) is 2.37. The topological polar surface area (TPSA) is 0 Å². The Bertz CT molecular complexity index is 97.7. The first-order chi connectivity index (χ1) is 3.73. The molecule has 2 aliphatic carbocycles. The van der Waals surface area contributed by atoms with Crippen LogP contribution < -0.4 is 0 Å². The molecule has 2 saturated carbocycles. The molecule has 0 amide bonds. The lowest BCUT2D eigenvalue weighted by atomic mass is 9.99. The smallest absolute Gasteiger partial charge is 0.0170 e. The minimum atomic E-state index is 0.610. The van der Waals surface area contributed by atoms with E-state index in [9.17, 15) is 0 Å². The Hall–Kier alpha value is 0.700. The van der Waals surface area contributed by atoms with Gasteiger partial charge in [0.2, 0.25) is 0 Å². The molecular weight excluding hydrogens is 136 g/mol. The van der Waals surface area contributed by atoms with Crippen molar-refractivity contribution in [3.63, 3.8) is 0 Å². The summed E-state index contributed by atoms with van der Waals surface area (Å²) in [4.78, 5) is 0. The molecule has 2 heteroatoms. The van der Waals surface area contributed by atoms with Crippen molar-refractivity contribution in [1.82, 2.24) is 0 Å². The molecule has 2 aliphatic rings. The molecule has 0 N–H and O–H groups in total. The van der Waals surface area contributed by atoms with Gasteiger partial charge in [0.25, 0.3) is 0 Å². The summed E-state index contributed by atoms with van der Waals surface area (Å²) in [5.74, 6) is 2.79. The van der Waals surface area contributed by atoms with Gasteiger partial charge in [0, 0.05) is 10.5 Å². The van der Waals surface area contributed by atoms with Crippen molar-refractivity contribution in [3.8, 4) is 0 Å². The van der Waals surface area contributed by atoms with Crippen LogP contribution in [0.5, 0.6) is 0 Å². The molecule has 0 aromatic rings. The van der Waals surface area contributed by atoms with E-state index in [0.29, 0.717) is 10.5 Å². The third kappa shape index (κ3) is 0.422. The van der Waals surface area contributed by atoms with Crippen LogP contribution in [0, 0.1) is 17.8 Å². The molecule has 8 heavy (non-hydrogen) atoms. The van der Waals surface area contributed by atoms with Crippen LogP contribution in [-0.4, -0.2) is 10.5 Å². The van der Waals surface area contributed by atoms with Crippen molar-refractivity contribution >= 4 is 25.3 Å². The maximum absolute atomic E-state index is 4.40. The van der Waals surface area contributed by atoms with Crippen molar-refractivity contribution in [2.45, 2.75) is 17.4 Å². The molecule has 4 atom stereocenters. The molecule has 46 valence electrons. The average molecular weight is 146 g/mol. The van der Waals surface area contributed by atoms with Crippen LogP contribution >= 0.6 is 25.3 Å². The summed E-state index contributed by atoms with van der Waals surface area (Å²) in [7, 11) is 0. The molecular formula is C6H10S2. The second-order valence-corrected chi connectivity index (χ2v) is 4.19. The summed E-state index contributed by atoms with van der Waals surface area (Å²) in [5, 5.41) is 1.22. The van der Waals surface area contributed by atoms with E-state index in [2.05, 4.69) is 32.2 Å². The zero-order chi connectivity index (χ0) is 5.89. The van der Waals surface area contributed by atoms with Gasteiger partial charge in [-0.25, -0.2) is 0 Å². The minimum absolute atomic E-state index is 0.610. The maximum Gasteiger partial charge on any atom is 0.0170 e. The standard InChI is InChI=1S/C6H10S2/c1-2-3-4(2)6(8)5(3)7/h2-8H,1H3. The van der Waals surface area contributed by atoms with E-state index in [-0.39, 0.29) is 0 Å². The Balaban J connectivity index is 2.08. The number of hydrogen-bond acceptors (Lipinski definition) is 2. The Morgan fingerprint density at radius 1 is 1.00 bits per heavy atom. The Labute approximate surface area is 60.9 Å². The quantitative estimate of drug-likeness (QED) is 0.475. The van der Waals surface area contributed by atoms with E-state index < -0.39 is 0 Å². The van der Waals surface area contributed by atoms with E-state index >= 15 is 0 Å². The van der Waals surface area contributed by atoms with Gasteiger partial charge in [0.15, 0.2) is 0 Å². The maximum atomic E-state index is 4.40. The van der Waals surface area contributed by atoms with E-state index in [1.165, 1.54) is 0 Å². The van der Waals surface area contributed by atoms with Crippen LogP contribution in [-0.2, 0) is 0 Å². The van der Waals surface area contributed by atoms with Gasteiger partial charge in [-0.1, -0.05) is 6.92 Å². The number of fused-ring (bicyclic) bond motifs is 1. The lowest BCUT2D eigenvalue weighted by Crippen LogP contribution is -2.31. The Morgan fingerprint density at radius 2 is 1.38 bits per heavy atom. The summed E-state index contributed by atoms with van der Waals surface area (Å²) < 4.78 is 0. The second-order valence-electron chi connectivity index (χ2n) is 3.00. The van der Waals surface area contributed by atoms with Gasteiger partial charge in [0.1, 0.15) is 0 Å². The van der Waals surface area contributed by atoms with Gasteiger partial charge >= 0.3 is 0 Å². The van der Waals surface area contributed by atoms with Gasteiger partial charge in [-0.05, 0) is 17.8 Å². The van der Waals surface area contributed by atoms with E-state index in [1.54, 1.807) is 0 Å². The van der Waals surface area contributed by atoms with E-state index in [1.807, 2.05) is 0 Å². The van der Waals surface area contributed by atoms with Crippen molar-refractivity contribution < 1.29 is 0 Å². The molecule has 0 heterocycles. The molecule has 0 aliphatic heterocycles. The Kier molecular flexibility index (Phi) is 0.961. The molecule has 2 fully saturated rings. The summed E-state index contributed by atoms with van der Waals surface area (Å²) in [6.07, 6.45) is 0. The molecule has 0 radical (unpaired) electrons. The van der Waals surface area contributed by atoms with Crippen molar-refractivity contribution in [3.05, 3.63) is 0 Å². The van der Waals surface area contributed by atoms with Gasteiger partial charge in [-0.3, -0.25) is 0 Å². The summed E-state index contributed by atoms with van der Waals surface area (Å²) in [5.41, 5.74) is 0. The van der Waals surface area contributed by atoms with Crippen molar-refractivity contribution in [1.29, 1.82) is 0 Å². The molecule has 0 bridgehead atoms. The first-order valence-corrected chi connectivity index (χ1v) is 4.13. The summed E-state index contributed by atoms with van der Waals surface area (Å²) in [6, 6.07) is 0. The van der Waals surface area contributed by atoms with Gasteiger partial charge in [0.05, 0.1) is 0 Å². The molecule has 0 nitrogen and oxygen atoms in total. The van der Waals surface area contributed by atoms with E-state index in [0.717, 1.165) is 17.8 Å². The SMILES string of the molecule is CC1C2C(S)C(S)C12. The van der Waals surface area contributed by atoms with E-state index in [4.69, 9.17) is 0 Å². The van der Waals surface area contributed by atoms with Crippen molar-refractivity contribution in [2.75, 3.05) is 0 Å². The molecule has 0 aromatic heterocycles. The Morgan fingerprint density at radius 3 is 1.50 bits per heavy atom.